The lowest BCUT2D eigenvalue weighted by Gasteiger charge is -2.37. The van der Waals surface area contributed by atoms with Gasteiger partial charge in [-0.05, 0) is 56.0 Å². The monoisotopic (exact) mass is 449 g/mol. The van der Waals surface area contributed by atoms with Gasteiger partial charge in [0, 0.05) is 30.9 Å². The molecule has 0 aromatic heterocycles. The van der Waals surface area contributed by atoms with E-state index in [-0.39, 0.29) is 17.9 Å². The first kappa shape index (κ1) is 21.8. The maximum absolute atomic E-state index is 13.7. The molecule has 5 rings (SSSR count). The average molecular weight is 450 g/mol. The number of nitrogens with one attached hydrogen (secondary N) is 1. The summed E-state index contributed by atoms with van der Waals surface area (Å²) in [6.07, 6.45) is 3.50. The summed E-state index contributed by atoms with van der Waals surface area (Å²) in [5.41, 5.74) is 2.05. The summed E-state index contributed by atoms with van der Waals surface area (Å²) < 4.78 is 10.7. The summed E-state index contributed by atoms with van der Waals surface area (Å²) in [7, 11) is 5.05. The Bertz CT molecular complexity index is 1090. The molecule has 7 nitrogen and oxygen atoms in total. The maximum Gasteiger partial charge on any atom is 0.252 e. The zero-order valence-corrected chi connectivity index (χ0v) is 19.5. The van der Waals surface area contributed by atoms with Gasteiger partial charge in [0.15, 0.2) is 11.5 Å². The molecule has 1 spiro atoms. The molecule has 2 amide bonds. The minimum absolute atomic E-state index is 0.0214. The first-order valence-electron chi connectivity index (χ1n) is 11.7. The van der Waals surface area contributed by atoms with E-state index in [0.29, 0.717) is 24.5 Å². The Morgan fingerprint density at radius 1 is 1.15 bits per heavy atom. The number of ether oxygens (including phenoxy) is 2. The SMILES string of the molecule is COc1ccc(CCNC(=O)C2CC3CCCN3C23C(=O)N(C)c2ccccc23)cc1OC. The molecule has 3 atom stereocenters. The van der Waals surface area contributed by atoms with Crippen molar-refractivity contribution < 1.29 is 19.1 Å². The third-order valence-corrected chi connectivity index (χ3v) is 7.63. The highest BCUT2D eigenvalue weighted by molar-refractivity contribution is 6.10. The highest BCUT2D eigenvalue weighted by Gasteiger charge is 2.66. The van der Waals surface area contributed by atoms with E-state index in [0.717, 1.165) is 42.6 Å². The molecule has 2 fully saturated rings. The molecule has 0 saturated carbocycles. The Balaban J connectivity index is 1.37. The molecule has 2 aromatic carbocycles. The smallest absolute Gasteiger partial charge is 0.252 e. The zero-order valence-electron chi connectivity index (χ0n) is 19.5. The van der Waals surface area contributed by atoms with Crippen LogP contribution in [-0.4, -0.2) is 57.1 Å². The lowest BCUT2D eigenvalue weighted by Crippen LogP contribution is -2.55. The molecule has 3 heterocycles. The molecule has 3 unspecified atom stereocenters. The Kier molecular flexibility index (Phi) is 5.52. The fourth-order valence-corrected chi connectivity index (χ4v) is 6.16. The van der Waals surface area contributed by atoms with Crippen LogP contribution in [0, 0.1) is 5.92 Å². The highest BCUT2D eigenvalue weighted by Crippen LogP contribution is 2.56. The van der Waals surface area contributed by atoms with Crippen LogP contribution in [0.4, 0.5) is 5.69 Å². The first-order valence-corrected chi connectivity index (χ1v) is 11.7. The van der Waals surface area contributed by atoms with Crippen LogP contribution >= 0.6 is 0 Å². The van der Waals surface area contributed by atoms with Crippen LogP contribution in [-0.2, 0) is 21.5 Å². The number of hydrogen-bond acceptors (Lipinski definition) is 5. The first-order chi connectivity index (χ1) is 16.0. The number of hydrogen-bond donors (Lipinski definition) is 1. The number of carbonyl (C=O) groups excluding carboxylic acids is 2. The molecule has 0 radical (unpaired) electrons. The van der Waals surface area contributed by atoms with E-state index >= 15 is 0 Å². The molecule has 0 bridgehead atoms. The summed E-state index contributed by atoms with van der Waals surface area (Å²) in [6.45, 7) is 1.35. The number of rotatable bonds is 6. The molecule has 7 heteroatoms. The number of benzene rings is 2. The van der Waals surface area contributed by atoms with E-state index in [9.17, 15) is 9.59 Å². The fraction of sp³-hybridized carbons (Fsp3) is 0.462. The molecule has 3 aliphatic rings. The largest absolute Gasteiger partial charge is 0.493 e. The van der Waals surface area contributed by atoms with Crippen molar-refractivity contribution in [1.82, 2.24) is 10.2 Å². The van der Waals surface area contributed by atoms with Gasteiger partial charge in [0.25, 0.3) is 5.91 Å². The summed E-state index contributed by atoms with van der Waals surface area (Å²) in [5, 5.41) is 3.14. The van der Waals surface area contributed by atoms with Gasteiger partial charge in [-0.1, -0.05) is 24.3 Å². The maximum atomic E-state index is 13.7. The Morgan fingerprint density at radius 3 is 2.73 bits per heavy atom. The second kappa shape index (κ2) is 8.37. The van der Waals surface area contributed by atoms with Crippen molar-refractivity contribution in [2.75, 3.05) is 39.3 Å². The van der Waals surface area contributed by atoms with Crippen LogP contribution in [0.25, 0.3) is 0 Å². The Labute approximate surface area is 194 Å². The number of fused-ring (bicyclic) bond motifs is 4. The van der Waals surface area contributed by atoms with Gasteiger partial charge in [0.1, 0.15) is 5.54 Å². The fourth-order valence-electron chi connectivity index (χ4n) is 6.16. The minimum atomic E-state index is -0.889. The number of para-hydroxylation sites is 1. The van der Waals surface area contributed by atoms with Gasteiger partial charge < -0.3 is 19.7 Å². The van der Waals surface area contributed by atoms with Gasteiger partial charge in [0.05, 0.1) is 20.1 Å². The van der Waals surface area contributed by atoms with Crippen LogP contribution in [0.5, 0.6) is 11.5 Å². The van der Waals surface area contributed by atoms with E-state index in [1.54, 1.807) is 19.1 Å². The van der Waals surface area contributed by atoms with E-state index < -0.39 is 11.5 Å². The second-order valence-corrected chi connectivity index (χ2v) is 9.16. The lowest BCUT2D eigenvalue weighted by atomic mass is 9.78. The summed E-state index contributed by atoms with van der Waals surface area (Å²) in [4.78, 5) is 31.4. The average Bonchev–Trinajstić information content (AvgIpc) is 3.49. The topological polar surface area (TPSA) is 71.1 Å². The van der Waals surface area contributed by atoms with E-state index in [1.807, 2.05) is 49.5 Å². The number of methoxy groups -OCH3 is 2. The molecule has 3 aliphatic heterocycles. The molecule has 1 N–H and O–H groups in total. The molecular weight excluding hydrogens is 418 g/mol. The Hall–Kier alpha value is -3.06. The summed E-state index contributed by atoms with van der Waals surface area (Å²) in [6, 6.07) is 14.0. The van der Waals surface area contributed by atoms with Gasteiger partial charge in [-0.25, -0.2) is 0 Å². The van der Waals surface area contributed by atoms with Crippen molar-refractivity contribution in [3.05, 3.63) is 53.6 Å². The third-order valence-electron chi connectivity index (χ3n) is 7.63. The van der Waals surface area contributed by atoms with Crippen molar-refractivity contribution >= 4 is 17.5 Å². The quantitative estimate of drug-likeness (QED) is 0.734. The number of nitrogens with zero attached hydrogens (tertiary/aromatic N) is 2. The third kappa shape index (κ3) is 3.21. The zero-order chi connectivity index (χ0) is 23.2. The highest BCUT2D eigenvalue weighted by atomic mass is 16.5. The van der Waals surface area contributed by atoms with E-state index in [1.165, 1.54) is 0 Å². The van der Waals surface area contributed by atoms with Gasteiger partial charge in [0.2, 0.25) is 5.91 Å². The van der Waals surface area contributed by atoms with Crippen molar-refractivity contribution in [2.24, 2.45) is 5.92 Å². The van der Waals surface area contributed by atoms with Gasteiger partial charge >= 0.3 is 0 Å². The van der Waals surface area contributed by atoms with Gasteiger partial charge in [-0.15, -0.1) is 0 Å². The van der Waals surface area contributed by atoms with Gasteiger partial charge in [-0.2, -0.15) is 0 Å². The molecule has 0 aliphatic carbocycles. The van der Waals surface area contributed by atoms with Crippen LogP contribution in [0.1, 0.15) is 30.4 Å². The molecule has 2 aromatic rings. The molecular formula is C26H31N3O4. The van der Waals surface area contributed by atoms with Crippen LogP contribution in [0.15, 0.2) is 42.5 Å². The van der Waals surface area contributed by atoms with Crippen LogP contribution in [0.2, 0.25) is 0 Å². The standard InChI is InChI=1S/C26H31N3O4/c1-28-21-9-5-4-8-19(21)26(25(28)31)20(16-18-7-6-14-29(18)26)24(30)27-13-12-17-10-11-22(32-2)23(15-17)33-3/h4-5,8-11,15,18,20H,6-7,12-14,16H2,1-3H3,(H,27,30). The molecule has 2 saturated heterocycles. The second-order valence-electron chi connectivity index (χ2n) is 9.16. The number of likely N-dealkylation sites (N-methyl/N-ethyl adjacent to an activating group) is 1. The normalized spacial score (nSPS) is 25.9. The van der Waals surface area contributed by atoms with Crippen molar-refractivity contribution in [2.45, 2.75) is 37.3 Å². The Morgan fingerprint density at radius 2 is 1.94 bits per heavy atom. The van der Waals surface area contributed by atoms with E-state index in [2.05, 4.69) is 10.2 Å². The van der Waals surface area contributed by atoms with Crippen molar-refractivity contribution in [1.29, 1.82) is 0 Å². The predicted molar refractivity (Wildman–Crippen MR) is 126 cm³/mol. The molecule has 174 valence electrons. The number of carbonyl (C=O) groups is 2. The van der Waals surface area contributed by atoms with Crippen molar-refractivity contribution in [3.63, 3.8) is 0 Å². The van der Waals surface area contributed by atoms with Crippen LogP contribution < -0.4 is 19.7 Å². The van der Waals surface area contributed by atoms with Gasteiger partial charge in [-0.3, -0.25) is 14.5 Å². The predicted octanol–water partition coefficient (Wildman–Crippen LogP) is 2.72. The number of anilines is 1. The number of amides is 2. The van der Waals surface area contributed by atoms with Crippen molar-refractivity contribution in [3.8, 4) is 11.5 Å². The minimum Gasteiger partial charge on any atom is -0.493 e. The van der Waals surface area contributed by atoms with Crippen LogP contribution in [0.3, 0.4) is 0 Å². The lowest BCUT2D eigenvalue weighted by molar-refractivity contribution is -0.138. The van der Waals surface area contributed by atoms with E-state index in [4.69, 9.17) is 9.47 Å². The summed E-state index contributed by atoms with van der Waals surface area (Å²) in [5.74, 6) is 0.942. The summed E-state index contributed by atoms with van der Waals surface area (Å²) >= 11 is 0. The molecule has 33 heavy (non-hydrogen) atoms.